The van der Waals surface area contributed by atoms with Gasteiger partial charge in [-0.15, -0.1) is 0 Å². The number of imidazole rings is 1. The Hall–Kier alpha value is -3.34. The molecule has 1 amide bonds. The van der Waals surface area contributed by atoms with Crippen molar-refractivity contribution in [1.29, 1.82) is 0 Å². The first kappa shape index (κ1) is 17.1. The van der Waals surface area contributed by atoms with E-state index in [1.807, 2.05) is 55.6 Å². The van der Waals surface area contributed by atoms with Crippen LogP contribution in [0.3, 0.4) is 0 Å². The number of carbonyl (C=O) groups excluding carboxylic acids is 1. The third-order valence-electron chi connectivity index (χ3n) is 4.65. The van der Waals surface area contributed by atoms with Crippen LogP contribution in [0.25, 0.3) is 10.9 Å². The molecule has 2 heterocycles. The molecule has 5 nitrogen and oxygen atoms in total. The van der Waals surface area contributed by atoms with Gasteiger partial charge in [0.25, 0.3) is 5.91 Å². The van der Waals surface area contributed by atoms with Crippen molar-refractivity contribution in [1.82, 2.24) is 19.9 Å². The Bertz CT molecular complexity index is 1060. The molecule has 2 N–H and O–H groups in total. The van der Waals surface area contributed by atoms with Gasteiger partial charge in [-0.2, -0.15) is 0 Å². The Kier molecular flexibility index (Phi) is 4.75. The fourth-order valence-electron chi connectivity index (χ4n) is 3.24. The smallest absolute Gasteiger partial charge is 0.267 e. The number of carbonyl (C=O) groups is 1. The summed E-state index contributed by atoms with van der Waals surface area (Å²) in [6.07, 6.45) is 4.47. The molecule has 0 spiro atoms. The molecule has 0 radical (unpaired) electrons. The van der Waals surface area contributed by atoms with Crippen LogP contribution >= 0.6 is 0 Å². The number of benzene rings is 2. The van der Waals surface area contributed by atoms with Crippen LogP contribution in [-0.2, 0) is 13.0 Å². The number of aromatic amines is 1. The van der Waals surface area contributed by atoms with Gasteiger partial charge in [0.2, 0.25) is 0 Å². The molecule has 0 aliphatic rings. The van der Waals surface area contributed by atoms with Crippen molar-refractivity contribution in [2.45, 2.75) is 19.9 Å². The third-order valence-corrected chi connectivity index (χ3v) is 4.65. The highest BCUT2D eigenvalue weighted by atomic mass is 16.1. The van der Waals surface area contributed by atoms with Crippen molar-refractivity contribution < 1.29 is 4.79 Å². The number of nitrogens with zero attached hydrogens (tertiary/aromatic N) is 2. The van der Waals surface area contributed by atoms with Gasteiger partial charge in [0.05, 0.1) is 0 Å². The number of amides is 1. The molecular weight excluding hydrogens is 336 g/mol. The monoisotopic (exact) mass is 358 g/mol. The second kappa shape index (κ2) is 7.50. The van der Waals surface area contributed by atoms with E-state index < -0.39 is 0 Å². The summed E-state index contributed by atoms with van der Waals surface area (Å²) in [5.41, 5.74) is 3.97. The van der Waals surface area contributed by atoms with Crippen molar-refractivity contribution in [2.75, 3.05) is 6.54 Å². The Morgan fingerprint density at radius 3 is 2.85 bits per heavy atom. The van der Waals surface area contributed by atoms with Crippen LogP contribution in [0.15, 0.2) is 67.0 Å². The van der Waals surface area contributed by atoms with Gasteiger partial charge in [0.15, 0.2) is 0 Å². The lowest BCUT2D eigenvalue weighted by atomic mass is 10.2. The maximum atomic E-state index is 12.4. The standard InChI is InChI=1S/C22H22N4O/c1-16-7-8-18-14-20(25-19(18)13-16)22(27)24-10-9-21-23-11-12-26(21)15-17-5-3-2-4-6-17/h2-8,11-14,25H,9-10,15H2,1H3,(H,24,27). The lowest BCUT2D eigenvalue weighted by molar-refractivity contribution is 0.0949. The average molecular weight is 358 g/mol. The zero-order valence-corrected chi connectivity index (χ0v) is 15.3. The number of rotatable bonds is 6. The lowest BCUT2D eigenvalue weighted by Gasteiger charge is -2.08. The fraction of sp³-hybridized carbons (Fsp3) is 0.182. The maximum Gasteiger partial charge on any atom is 0.267 e. The number of hydrogen-bond acceptors (Lipinski definition) is 2. The Morgan fingerprint density at radius 1 is 1.15 bits per heavy atom. The van der Waals surface area contributed by atoms with E-state index in [1.54, 1.807) is 6.20 Å². The van der Waals surface area contributed by atoms with Gasteiger partial charge in [-0.05, 0) is 30.2 Å². The van der Waals surface area contributed by atoms with E-state index in [0.717, 1.165) is 23.3 Å². The van der Waals surface area contributed by atoms with Crippen molar-refractivity contribution in [3.05, 3.63) is 89.6 Å². The minimum absolute atomic E-state index is 0.0926. The summed E-state index contributed by atoms with van der Waals surface area (Å²) in [7, 11) is 0. The van der Waals surface area contributed by atoms with E-state index in [-0.39, 0.29) is 5.91 Å². The fourth-order valence-corrected chi connectivity index (χ4v) is 3.24. The highest BCUT2D eigenvalue weighted by Gasteiger charge is 2.10. The van der Waals surface area contributed by atoms with E-state index in [9.17, 15) is 4.79 Å². The first-order valence-electron chi connectivity index (χ1n) is 9.10. The predicted molar refractivity (Wildman–Crippen MR) is 107 cm³/mol. The lowest BCUT2D eigenvalue weighted by Crippen LogP contribution is -2.26. The highest BCUT2D eigenvalue weighted by Crippen LogP contribution is 2.16. The van der Waals surface area contributed by atoms with E-state index >= 15 is 0 Å². The molecule has 0 aliphatic carbocycles. The molecular formula is C22H22N4O. The van der Waals surface area contributed by atoms with Gasteiger partial charge < -0.3 is 14.9 Å². The third kappa shape index (κ3) is 3.92. The van der Waals surface area contributed by atoms with Gasteiger partial charge >= 0.3 is 0 Å². The Labute approximate surface area is 158 Å². The molecule has 136 valence electrons. The second-order valence-corrected chi connectivity index (χ2v) is 6.74. The van der Waals surface area contributed by atoms with Crippen LogP contribution in [0.5, 0.6) is 0 Å². The Morgan fingerprint density at radius 2 is 2.00 bits per heavy atom. The van der Waals surface area contributed by atoms with Crippen LogP contribution in [0.4, 0.5) is 0 Å². The summed E-state index contributed by atoms with van der Waals surface area (Å²) in [6, 6.07) is 18.3. The SMILES string of the molecule is Cc1ccc2cc(C(=O)NCCc3nccn3Cc3ccccc3)[nH]c2c1. The summed E-state index contributed by atoms with van der Waals surface area (Å²) < 4.78 is 2.12. The average Bonchev–Trinajstić information content (AvgIpc) is 3.29. The van der Waals surface area contributed by atoms with Gasteiger partial charge in [0, 0.05) is 42.8 Å². The van der Waals surface area contributed by atoms with Crippen LogP contribution in [0, 0.1) is 6.92 Å². The molecule has 27 heavy (non-hydrogen) atoms. The molecule has 0 bridgehead atoms. The molecule has 0 fully saturated rings. The minimum Gasteiger partial charge on any atom is -0.351 e. The zero-order valence-electron chi connectivity index (χ0n) is 15.3. The molecule has 0 unspecified atom stereocenters. The van der Waals surface area contributed by atoms with Gasteiger partial charge in [0.1, 0.15) is 11.5 Å². The molecule has 5 heteroatoms. The topological polar surface area (TPSA) is 62.7 Å². The van der Waals surface area contributed by atoms with Crippen molar-refractivity contribution in [3.63, 3.8) is 0 Å². The van der Waals surface area contributed by atoms with E-state index in [0.29, 0.717) is 18.7 Å². The van der Waals surface area contributed by atoms with Gasteiger partial charge in [-0.1, -0.05) is 42.5 Å². The molecule has 0 aliphatic heterocycles. The number of aromatic nitrogens is 3. The largest absolute Gasteiger partial charge is 0.351 e. The van der Waals surface area contributed by atoms with E-state index in [1.165, 1.54) is 11.1 Å². The predicted octanol–water partition coefficient (Wildman–Crippen LogP) is 3.69. The molecule has 0 atom stereocenters. The number of H-pyrrole nitrogens is 1. The van der Waals surface area contributed by atoms with E-state index in [2.05, 4.69) is 32.0 Å². The minimum atomic E-state index is -0.0926. The van der Waals surface area contributed by atoms with E-state index in [4.69, 9.17) is 0 Å². The summed E-state index contributed by atoms with van der Waals surface area (Å²) in [5, 5.41) is 4.03. The first-order chi connectivity index (χ1) is 13.2. The highest BCUT2D eigenvalue weighted by molar-refractivity contribution is 5.98. The Balaban J connectivity index is 1.37. The first-order valence-corrected chi connectivity index (χ1v) is 9.10. The molecule has 4 rings (SSSR count). The number of hydrogen-bond donors (Lipinski definition) is 2. The van der Waals surface area contributed by atoms with Crippen LogP contribution in [-0.4, -0.2) is 27.0 Å². The van der Waals surface area contributed by atoms with Crippen LogP contribution < -0.4 is 5.32 Å². The number of aryl methyl sites for hydroxylation is 1. The molecule has 2 aromatic heterocycles. The summed E-state index contributed by atoms with van der Waals surface area (Å²) in [6.45, 7) is 3.36. The quantitative estimate of drug-likeness (QED) is 0.552. The number of nitrogens with one attached hydrogen (secondary N) is 2. The van der Waals surface area contributed by atoms with Crippen LogP contribution in [0.2, 0.25) is 0 Å². The van der Waals surface area contributed by atoms with Gasteiger partial charge in [-0.3, -0.25) is 4.79 Å². The van der Waals surface area contributed by atoms with Crippen molar-refractivity contribution >= 4 is 16.8 Å². The summed E-state index contributed by atoms with van der Waals surface area (Å²) in [4.78, 5) is 20.1. The summed E-state index contributed by atoms with van der Waals surface area (Å²) >= 11 is 0. The molecule has 4 aromatic rings. The number of fused-ring (bicyclic) bond motifs is 1. The van der Waals surface area contributed by atoms with Crippen molar-refractivity contribution in [3.8, 4) is 0 Å². The molecule has 0 saturated heterocycles. The molecule has 0 saturated carbocycles. The van der Waals surface area contributed by atoms with Gasteiger partial charge in [-0.25, -0.2) is 4.98 Å². The second-order valence-electron chi connectivity index (χ2n) is 6.74. The summed E-state index contributed by atoms with van der Waals surface area (Å²) in [5.74, 6) is 0.872. The molecule has 2 aromatic carbocycles. The normalized spacial score (nSPS) is 11.0. The van der Waals surface area contributed by atoms with Crippen LogP contribution in [0.1, 0.15) is 27.4 Å². The van der Waals surface area contributed by atoms with Crippen molar-refractivity contribution in [2.24, 2.45) is 0 Å². The zero-order chi connectivity index (χ0) is 18.6. The maximum absolute atomic E-state index is 12.4.